The molecule has 26 heavy (non-hydrogen) atoms. The number of amides is 1. The van der Waals surface area contributed by atoms with Gasteiger partial charge in [-0.2, -0.15) is 0 Å². The quantitative estimate of drug-likeness (QED) is 0.243. The minimum atomic E-state index is 0. The summed E-state index contributed by atoms with van der Waals surface area (Å²) in [5, 5.41) is 7.24. The summed E-state index contributed by atoms with van der Waals surface area (Å²) in [6, 6.07) is 8.64. The molecule has 1 amide bonds. The van der Waals surface area contributed by atoms with E-state index in [4.69, 9.17) is 0 Å². The Balaban J connectivity index is 0.00000338. The van der Waals surface area contributed by atoms with Gasteiger partial charge in [-0.15, -0.1) is 35.7 Å². The largest absolute Gasteiger partial charge is 0.355 e. The van der Waals surface area contributed by atoms with E-state index in [2.05, 4.69) is 62.7 Å². The molecular weight excluding hydrogens is 527 g/mol. The zero-order valence-corrected chi connectivity index (χ0v) is 20.2. The van der Waals surface area contributed by atoms with Crippen LogP contribution >= 0.6 is 51.7 Å². The van der Waals surface area contributed by atoms with E-state index in [0.717, 1.165) is 36.5 Å². The van der Waals surface area contributed by atoms with Gasteiger partial charge in [0.05, 0.1) is 0 Å². The molecule has 2 N–H and O–H groups in total. The Kier molecular flexibility index (Phi) is 10.9. The van der Waals surface area contributed by atoms with Crippen LogP contribution < -0.4 is 10.6 Å². The van der Waals surface area contributed by atoms with Crippen molar-refractivity contribution >= 4 is 63.5 Å². The fourth-order valence-corrected chi connectivity index (χ4v) is 3.93. The summed E-state index contributed by atoms with van der Waals surface area (Å²) in [7, 11) is 1.78. The molecule has 5 nitrogen and oxygen atoms in total. The Morgan fingerprint density at radius 1 is 1.42 bits per heavy atom. The Bertz CT molecular complexity index is 599. The highest BCUT2D eigenvalue weighted by Gasteiger charge is 2.25. The summed E-state index contributed by atoms with van der Waals surface area (Å²) in [4.78, 5) is 19.3. The van der Waals surface area contributed by atoms with Crippen molar-refractivity contribution in [1.82, 2.24) is 15.5 Å². The first-order valence-corrected chi connectivity index (χ1v) is 10.4. The average molecular weight is 555 g/mol. The number of halogens is 2. The summed E-state index contributed by atoms with van der Waals surface area (Å²) in [6.45, 7) is 6.52. The van der Waals surface area contributed by atoms with E-state index in [1.165, 1.54) is 4.90 Å². The van der Waals surface area contributed by atoms with Gasteiger partial charge in [0.2, 0.25) is 5.91 Å². The second kappa shape index (κ2) is 12.1. The summed E-state index contributed by atoms with van der Waals surface area (Å²) in [5.41, 5.74) is 0. The lowest BCUT2D eigenvalue weighted by Gasteiger charge is -2.20. The van der Waals surface area contributed by atoms with Gasteiger partial charge in [0.25, 0.3) is 0 Å². The highest BCUT2D eigenvalue weighted by atomic mass is 127. The number of rotatable bonds is 6. The first-order valence-electron chi connectivity index (χ1n) is 8.69. The monoisotopic (exact) mass is 554 g/mol. The van der Waals surface area contributed by atoms with Crippen molar-refractivity contribution in [3.8, 4) is 0 Å². The van der Waals surface area contributed by atoms with E-state index >= 15 is 0 Å². The molecule has 0 saturated carbocycles. The van der Waals surface area contributed by atoms with Crippen LogP contribution in [-0.4, -0.2) is 54.7 Å². The molecule has 146 valence electrons. The molecule has 0 radical (unpaired) electrons. The van der Waals surface area contributed by atoms with Gasteiger partial charge in [-0.05, 0) is 30.7 Å². The Morgan fingerprint density at radius 2 is 2.12 bits per heavy atom. The van der Waals surface area contributed by atoms with Crippen molar-refractivity contribution in [3.63, 3.8) is 0 Å². The molecule has 8 heteroatoms. The number of nitrogens with zero attached hydrogens (tertiary/aromatic N) is 2. The van der Waals surface area contributed by atoms with Crippen molar-refractivity contribution in [2.24, 2.45) is 4.99 Å². The molecule has 1 saturated heterocycles. The second-order valence-corrected chi connectivity index (χ2v) is 8.59. The molecule has 0 aliphatic carbocycles. The molecule has 1 aliphatic heterocycles. The van der Waals surface area contributed by atoms with Gasteiger partial charge in [-0.25, -0.2) is 0 Å². The number of hydrogen-bond donors (Lipinski definition) is 2. The molecule has 2 rings (SSSR count). The van der Waals surface area contributed by atoms with E-state index in [-0.39, 0.29) is 35.9 Å². The summed E-state index contributed by atoms with van der Waals surface area (Å²) in [5.74, 6) is 1.03. The first kappa shape index (κ1) is 23.6. The van der Waals surface area contributed by atoms with Gasteiger partial charge < -0.3 is 15.5 Å². The molecular formula is C18H28BrIN4OS. The van der Waals surface area contributed by atoms with Crippen molar-refractivity contribution in [3.05, 3.63) is 28.7 Å². The van der Waals surface area contributed by atoms with Crippen LogP contribution in [0.5, 0.6) is 0 Å². The number of hydrogen-bond acceptors (Lipinski definition) is 3. The van der Waals surface area contributed by atoms with Crippen molar-refractivity contribution in [2.75, 3.05) is 26.7 Å². The van der Waals surface area contributed by atoms with E-state index < -0.39 is 0 Å². The second-order valence-electron chi connectivity index (χ2n) is 6.16. The lowest BCUT2D eigenvalue weighted by Crippen LogP contribution is -2.46. The van der Waals surface area contributed by atoms with Crippen LogP contribution in [0.1, 0.15) is 26.7 Å². The maximum atomic E-state index is 11.8. The highest BCUT2D eigenvalue weighted by Crippen LogP contribution is 2.24. The molecule has 0 aromatic heterocycles. The molecule has 1 aromatic carbocycles. The summed E-state index contributed by atoms with van der Waals surface area (Å²) < 4.78 is 1.10. The molecule has 0 bridgehead atoms. The van der Waals surface area contributed by atoms with Gasteiger partial charge >= 0.3 is 0 Å². The maximum Gasteiger partial charge on any atom is 0.222 e. The number of carbonyl (C=O) groups is 1. The normalized spacial score (nSPS) is 18.2. The third-order valence-corrected chi connectivity index (χ3v) is 5.76. The molecule has 1 aliphatic rings. The fourth-order valence-electron chi connectivity index (χ4n) is 2.74. The van der Waals surface area contributed by atoms with E-state index in [0.29, 0.717) is 11.7 Å². The number of benzene rings is 1. The van der Waals surface area contributed by atoms with Gasteiger partial charge in [0.1, 0.15) is 0 Å². The van der Waals surface area contributed by atoms with Crippen LogP contribution in [0.4, 0.5) is 0 Å². The zero-order chi connectivity index (χ0) is 18.2. The number of thioether (sulfide) groups is 1. The predicted molar refractivity (Wildman–Crippen MR) is 125 cm³/mol. The molecule has 2 atom stereocenters. The molecule has 1 aromatic rings. The first-order chi connectivity index (χ1) is 12.0. The Morgan fingerprint density at radius 3 is 2.73 bits per heavy atom. The van der Waals surface area contributed by atoms with Crippen molar-refractivity contribution < 1.29 is 4.79 Å². The predicted octanol–water partition coefficient (Wildman–Crippen LogP) is 3.72. The average Bonchev–Trinajstić information content (AvgIpc) is 3.08. The third-order valence-electron chi connectivity index (χ3n) is 4.12. The van der Waals surface area contributed by atoms with Crippen LogP contribution in [0.2, 0.25) is 0 Å². The van der Waals surface area contributed by atoms with Crippen LogP contribution in [0, 0.1) is 0 Å². The minimum absolute atomic E-state index is 0. The van der Waals surface area contributed by atoms with Gasteiger partial charge in [-0.3, -0.25) is 9.79 Å². The van der Waals surface area contributed by atoms with Crippen LogP contribution in [0.15, 0.2) is 38.6 Å². The number of likely N-dealkylation sites (tertiary alicyclic amines) is 1. The Hall–Kier alpha value is -0.480. The lowest BCUT2D eigenvalue weighted by molar-refractivity contribution is -0.129. The Labute approximate surface area is 186 Å². The maximum absolute atomic E-state index is 11.8. The molecule has 1 fully saturated rings. The highest BCUT2D eigenvalue weighted by molar-refractivity contribution is 14.0. The van der Waals surface area contributed by atoms with Crippen LogP contribution in [0.3, 0.4) is 0 Å². The number of nitrogens with one attached hydrogen (secondary N) is 2. The molecule has 0 spiro atoms. The fraction of sp³-hybridized carbons (Fsp3) is 0.556. The lowest BCUT2D eigenvalue weighted by atomic mass is 10.3. The summed E-state index contributed by atoms with van der Waals surface area (Å²) >= 11 is 5.30. The van der Waals surface area contributed by atoms with Crippen molar-refractivity contribution in [1.29, 1.82) is 0 Å². The van der Waals surface area contributed by atoms with Crippen LogP contribution in [-0.2, 0) is 4.79 Å². The van der Waals surface area contributed by atoms with Gasteiger partial charge in [0, 0.05) is 53.8 Å². The summed E-state index contributed by atoms with van der Waals surface area (Å²) in [6.07, 6.45) is 1.54. The number of carbonyl (C=O) groups excluding carboxylic acids is 1. The zero-order valence-electron chi connectivity index (χ0n) is 15.5. The number of guanidine groups is 1. The van der Waals surface area contributed by atoms with E-state index in [1.807, 2.05) is 23.6 Å². The van der Waals surface area contributed by atoms with Crippen LogP contribution in [0.25, 0.3) is 0 Å². The standard InChI is InChI=1S/C18H27BrN4OS.HI/c1-4-17(24)23-10-9-15(12-23)22-18(20-3)21-11-13(2)25-16-7-5-14(19)6-8-16;/h5-8,13,15H,4,9-12H2,1-3H3,(H2,20,21,22);1H. The van der Waals surface area contributed by atoms with Gasteiger partial charge in [0.15, 0.2) is 5.96 Å². The molecule has 2 unspecified atom stereocenters. The van der Waals surface area contributed by atoms with Crippen molar-refractivity contribution in [2.45, 2.75) is 42.9 Å². The molecule has 1 heterocycles. The number of aliphatic imine (C=N–C) groups is 1. The minimum Gasteiger partial charge on any atom is -0.355 e. The van der Waals surface area contributed by atoms with E-state index in [1.54, 1.807) is 7.05 Å². The third kappa shape index (κ3) is 7.64. The SMILES string of the molecule is CCC(=O)N1CCC(NC(=NC)NCC(C)Sc2ccc(Br)cc2)C1.I. The smallest absolute Gasteiger partial charge is 0.222 e. The van der Waals surface area contributed by atoms with Gasteiger partial charge in [-0.1, -0.05) is 29.8 Å². The van der Waals surface area contributed by atoms with E-state index in [9.17, 15) is 4.79 Å². The topological polar surface area (TPSA) is 56.7 Å².